The molecule has 9 nitrogen and oxygen atoms in total. The third-order valence-electron chi connectivity index (χ3n) is 2.84. The SMILES string of the molecule is NC(=O)CC[C@H](NC(=O)c1cccc(N)c1C(=O)O)C(=O)O. The van der Waals surface area contributed by atoms with Crippen molar-refractivity contribution in [2.75, 3.05) is 5.73 Å². The fourth-order valence-electron chi connectivity index (χ4n) is 1.78. The maximum Gasteiger partial charge on any atom is 0.338 e. The first-order valence-electron chi connectivity index (χ1n) is 6.17. The topological polar surface area (TPSA) is 173 Å². The second kappa shape index (κ2) is 7.07. The second-order valence-corrected chi connectivity index (χ2v) is 4.44. The van der Waals surface area contributed by atoms with E-state index in [0.717, 1.165) is 0 Å². The first-order valence-corrected chi connectivity index (χ1v) is 6.17. The third kappa shape index (κ3) is 4.20. The quantitative estimate of drug-likeness (QED) is 0.419. The highest BCUT2D eigenvalue weighted by Gasteiger charge is 2.25. The van der Waals surface area contributed by atoms with E-state index in [0.29, 0.717) is 0 Å². The maximum atomic E-state index is 12.1. The summed E-state index contributed by atoms with van der Waals surface area (Å²) in [6.45, 7) is 0. The van der Waals surface area contributed by atoms with Crippen molar-refractivity contribution in [3.05, 3.63) is 29.3 Å². The van der Waals surface area contributed by atoms with Crippen LogP contribution in [0.15, 0.2) is 18.2 Å². The Morgan fingerprint density at radius 1 is 1.18 bits per heavy atom. The van der Waals surface area contributed by atoms with Crippen LogP contribution in [-0.4, -0.2) is 40.0 Å². The van der Waals surface area contributed by atoms with Gasteiger partial charge >= 0.3 is 11.9 Å². The number of nitrogens with one attached hydrogen (secondary N) is 1. The minimum Gasteiger partial charge on any atom is -0.480 e. The van der Waals surface area contributed by atoms with Crippen LogP contribution in [0, 0.1) is 0 Å². The molecular weight excluding hydrogens is 294 g/mol. The number of carbonyl (C=O) groups excluding carboxylic acids is 2. The van der Waals surface area contributed by atoms with Crippen molar-refractivity contribution < 1.29 is 29.4 Å². The Morgan fingerprint density at radius 2 is 1.82 bits per heavy atom. The Morgan fingerprint density at radius 3 is 2.32 bits per heavy atom. The smallest absolute Gasteiger partial charge is 0.338 e. The lowest BCUT2D eigenvalue weighted by Crippen LogP contribution is -2.41. The van der Waals surface area contributed by atoms with Gasteiger partial charge in [-0.05, 0) is 18.6 Å². The van der Waals surface area contributed by atoms with Crippen LogP contribution in [0.1, 0.15) is 33.6 Å². The maximum absolute atomic E-state index is 12.1. The van der Waals surface area contributed by atoms with Crippen molar-refractivity contribution in [1.82, 2.24) is 5.32 Å². The van der Waals surface area contributed by atoms with Gasteiger partial charge in [-0.2, -0.15) is 0 Å². The van der Waals surface area contributed by atoms with E-state index in [2.05, 4.69) is 5.32 Å². The number of primary amides is 1. The highest BCUT2D eigenvalue weighted by Crippen LogP contribution is 2.17. The van der Waals surface area contributed by atoms with Gasteiger partial charge in [-0.15, -0.1) is 0 Å². The standard InChI is InChI=1S/C13H15N3O6/c14-7-3-1-2-6(10(7)13(21)22)11(18)16-8(12(19)20)4-5-9(15)17/h1-3,8H,4-5,14H2,(H2,15,17)(H,16,18)(H,19,20)(H,21,22)/t8-/m0/s1. The summed E-state index contributed by atoms with van der Waals surface area (Å²) in [6, 6.07) is 2.52. The molecule has 0 aliphatic carbocycles. The molecule has 0 fully saturated rings. The van der Waals surface area contributed by atoms with Gasteiger partial charge in [-0.3, -0.25) is 9.59 Å². The minimum atomic E-state index is -1.41. The van der Waals surface area contributed by atoms with E-state index >= 15 is 0 Å². The first kappa shape index (κ1) is 17.0. The summed E-state index contributed by atoms with van der Waals surface area (Å²) in [7, 11) is 0. The van der Waals surface area contributed by atoms with Crippen LogP contribution in [0.4, 0.5) is 5.69 Å². The molecular formula is C13H15N3O6. The number of aromatic carboxylic acids is 1. The van der Waals surface area contributed by atoms with Gasteiger partial charge in [-0.1, -0.05) is 6.07 Å². The second-order valence-electron chi connectivity index (χ2n) is 4.44. The molecule has 0 aliphatic rings. The number of anilines is 1. The lowest BCUT2D eigenvalue weighted by Gasteiger charge is -2.15. The molecule has 2 amide bonds. The number of hydrogen-bond acceptors (Lipinski definition) is 5. The van der Waals surface area contributed by atoms with Crippen LogP contribution in [0.2, 0.25) is 0 Å². The molecule has 0 heterocycles. The number of carbonyl (C=O) groups is 4. The Hall–Kier alpha value is -3.10. The Bertz CT molecular complexity index is 628. The molecule has 0 saturated heterocycles. The van der Waals surface area contributed by atoms with Crippen molar-refractivity contribution in [3.8, 4) is 0 Å². The first-order chi connectivity index (χ1) is 10.2. The van der Waals surface area contributed by atoms with E-state index in [-0.39, 0.29) is 24.1 Å². The zero-order valence-electron chi connectivity index (χ0n) is 11.4. The van der Waals surface area contributed by atoms with Crippen molar-refractivity contribution >= 4 is 29.4 Å². The molecule has 1 aromatic carbocycles. The summed E-state index contributed by atoms with van der Waals surface area (Å²) in [4.78, 5) is 45.0. The number of rotatable bonds is 7. The van der Waals surface area contributed by atoms with E-state index in [1.54, 1.807) is 0 Å². The van der Waals surface area contributed by atoms with Crippen molar-refractivity contribution in [3.63, 3.8) is 0 Å². The van der Waals surface area contributed by atoms with Gasteiger partial charge in [0.15, 0.2) is 0 Å². The van der Waals surface area contributed by atoms with Gasteiger partial charge in [-0.25, -0.2) is 9.59 Å². The van der Waals surface area contributed by atoms with Crippen LogP contribution in [0.5, 0.6) is 0 Å². The predicted molar refractivity (Wildman–Crippen MR) is 75.1 cm³/mol. The fourth-order valence-corrected chi connectivity index (χ4v) is 1.78. The molecule has 1 aromatic rings. The lowest BCUT2D eigenvalue weighted by atomic mass is 10.0. The summed E-state index contributed by atoms with van der Waals surface area (Å²) in [5.74, 6) is -4.40. The molecule has 0 saturated carbocycles. The van der Waals surface area contributed by atoms with E-state index in [1.165, 1.54) is 18.2 Å². The number of hydrogen-bond donors (Lipinski definition) is 5. The number of carboxylic acid groups (broad SMARTS) is 2. The molecule has 7 N–H and O–H groups in total. The lowest BCUT2D eigenvalue weighted by molar-refractivity contribution is -0.139. The Balaban J connectivity index is 3.00. The number of aliphatic carboxylic acids is 1. The summed E-state index contributed by atoms with van der Waals surface area (Å²) < 4.78 is 0. The minimum absolute atomic E-state index is 0.121. The average molecular weight is 309 g/mol. The monoisotopic (exact) mass is 309 g/mol. The van der Waals surface area contributed by atoms with Gasteiger partial charge in [0.05, 0.1) is 11.1 Å². The molecule has 0 aliphatic heterocycles. The number of carboxylic acids is 2. The van der Waals surface area contributed by atoms with E-state index in [4.69, 9.17) is 21.7 Å². The van der Waals surface area contributed by atoms with E-state index < -0.39 is 35.4 Å². The summed E-state index contributed by atoms with van der Waals surface area (Å²) >= 11 is 0. The van der Waals surface area contributed by atoms with Crippen LogP contribution in [0.25, 0.3) is 0 Å². The predicted octanol–water partition coefficient (Wildman–Crippen LogP) is -0.585. The average Bonchev–Trinajstić information content (AvgIpc) is 2.41. The highest BCUT2D eigenvalue weighted by atomic mass is 16.4. The normalized spacial score (nSPS) is 11.5. The molecule has 118 valence electrons. The highest BCUT2D eigenvalue weighted by molar-refractivity contribution is 6.08. The number of benzene rings is 1. The van der Waals surface area contributed by atoms with Crippen LogP contribution in [0.3, 0.4) is 0 Å². The molecule has 1 atom stereocenters. The number of nitrogens with two attached hydrogens (primary N) is 2. The zero-order valence-corrected chi connectivity index (χ0v) is 11.4. The van der Waals surface area contributed by atoms with Gasteiger partial charge in [0.2, 0.25) is 5.91 Å². The summed E-state index contributed by atoms with van der Waals surface area (Å²) in [6.07, 6.45) is -0.443. The van der Waals surface area contributed by atoms with Gasteiger partial charge in [0.25, 0.3) is 5.91 Å². The number of nitrogen functional groups attached to an aromatic ring is 1. The summed E-state index contributed by atoms with van der Waals surface area (Å²) in [5, 5.41) is 20.2. The number of amides is 2. The van der Waals surface area contributed by atoms with Crippen LogP contribution in [-0.2, 0) is 9.59 Å². The Kier molecular flexibility index (Phi) is 5.44. The van der Waals surface area contributed by atoms with Gasteiger partial charge in [0.1, 0.15) is 6.04 Å². The molecule has 0 bridgehead atoms. The van der Waals surface area contributed by atoms with E-state index in [9.17, 15) is 19.2 Å². The molecule has 0 unspecified atom stereocenters. The molecule has 0 spiro atoms. The van der Waals surface area contributed by atoms with Crippen molar-refractivity contribution in [1.29, 1.82) is 0 Å². The molecule has 22 heavy (non-hydrogen) atoms. The molecule has 1 rings (SSSR count). The molecule has 0 radical (unpaired) electrons. The zero-order chi connectivity index (χ0) is 16.9. The van der Waals surface area contributed by atoms with Crippen LogP contribution >= 0.6 is 0 Å². The Labute approximate surface area is 124 Å². The van der Waals surface area contributed by atoms with E-state index in [1.807, 2.05) is 0 Å². The van der Waals surface area contributed by atoms with Crippen molar-refractivity contribution in [2.45, 2.75) is 18.9 Å². The van der Waals surface area contributed by atoms with Gasteiger partial charge in [0, 0.05) is 12.1 Å². The summed E-state index contributed by atoms with van der Waals surface area (Å²) in [5.41, 5.74) is 9.63. The third-order valence-corrected chi connectivity index (χ3v) is 2.84. The molecule has 0 aromatic heterocycles. The largest absolute Gasteiger partial charge is 0.480 e. The van der Waals surface area contributed by atoms with Gasteiger partial charge < -0.3 is 27.0 Å². The van der Waals surface area contributed by atoms with Crippen molar-refractivity contribution in [2.24, 2.45) is 5.73 Å². The fraction of sp³-hybridized carbons (Fsp3) is 0.231. The molecule has 9 heteroatoms. The van der Waals surface area contributed by atoms with Crippen LogP contribution < -0.4 is 16.8 Å².